The molecule has 8 atom stereocenters. The zero-order valence-electron chi connectivity index (χ0n) is 25.4. The summed E-state index contributed by atoms with van der Waals surface area (Å²) in [5, 5.41) is 62.3. The summed E-state index contributed by atoms with van der Waals surface area (Å²) in [4.78, 5) is 24.8. The third-order valence-corrected chi connectivity index (χ3v) is 8.05. The van der Waals surface area contributed by atoms with Crippen LogP contribution in [0.25, 0.3) is 21.9 Å². The lowest BCUT2D eigenvalue weighted by Crippen LogP contribution is -2.62. The van der Waals surface area contributed by atoms with E-state index in [0.29, 0.717) is 10.8 Å². The summed E-state index contributed by atoms with van der Waals surface area (Å²) < 4.78 is 50.0. The van der Waals surface area contributed by atoms with Crippen molar-refractivity contribution < 1.29 is 72.6 Å². The number of aliphatic hydroxyl groups is 6. The first-order valence-electron chi connectivity index (χ1n) is 14.5. The number of benzene rings is 2. The monoisotopic (exact) mass is 676 g/mol. The maximum Gasteiger partial charge on any atom is 0.379 e. The van der Waals surface area contributed by atoms with Gasteiger partial charge in [0.15, 0.2) is 35.4 Å². The van der Waals surface area contributed by atoms with Crippen LogP contribution >= 0.6 is 0 Å². The fourth-order valence-electron chi connectivity index (χ4n) is 5.35. The van der Waals surface area contributed by atoms with Crippen LogP contribution < -0.4 is 30.2 Å². The largest absolute Gasteiger partial charge is 0.493 e. The predicted molar refractivity (Wildman–Crippen MR) is 159 cm³/mol. The molecule has 258 valence electrons. The van der Waals surface area contributed by atoms with Gasteiger partial charge in [0.05, 0.1) is 34.0 Å². The molecule has 2 aliphatic rings. The van der Waals surface area contributed by atoms with Crippen molar-refractivity contribution in [1.29, 1.82) is 0 Å². The van der Waals surface area contributed by atoms with Crippen molar-refractivity contribution in [2.45, 2.75) is 48.7 Å². The minimum absolute atomic E-state index is 0.00486. The zero-order valence-corrected chi connectivity index (χ0v) is 25.4. The lowest BCUT2D eigenvalue weighted by Gasteiger charge is -2.42. The van der Waals surface area contributed by atoms with Crippen LogP contribution in [0.1, 0.15) is 0 Å². The molecule has 2 aromatic heterocycles. The Labute approximate surface area is 269 Å². The number of hydrogen-bond acceptors (Lipinski definition) is 17. The van der Waals surface area contributed by atoms with Crippen LogP contribution in [-0.2, 0) is 14.2 Å². The van der Waals surface area contributed by atoms with Crippen molar-refractivity contribution >= 4 is 21.9 Å². The van der Waals surface area contributed by atoms with Gasteiger partial charge in [-0.1, -0.05) is 0 Å². The van der Waals surface area contributed by atoms with E-state index in [0.717, 1.165) is 0 Å². The molecule has 17 nitrogen and oxygen atoms in total. The van der Waals surface area contributed by atoms with Crippen molar-refractivity contribution in [2.24, 2.45) is 0 Å². The van der Waals surface area contributed by atoms with Crippen LogP contribution in [0.3, 0.4) is 0 Å². The normalized spacial score (nSPS) is 28.9. The highest BCUT2D eigenvalue weighted by Crippen LogP contribution is 2.39. The topological polar surface area (TPSA) is 246 Å². The predicted octanol–water partition coefficient (Wildman–Crippen LogP) is -0.648. The van der Waals surface area contributed by atoms with E-state index >= 15 is 0 Å². The number of ether oxygens (including phenoxy) is 7. The summed E-state index contributed by atoms with van der Waals surface area (Å²) in [5.74, 6) is 0.0336. The van der Waals surface area contributed by atoms with Crippen molar-refractivity contribution in [3.63, 3.8) is 0 Å². The van der Waals surface area contributed by atoms with Crippen LogP contribution in [0.15, 0.2) is 60.9 Å². The molecule has 4 heterocycles. The molecule has 0 radical (unpaired) electrons. The average Bonchev–Trinajstić information content (AvgIpc) is 3.36. The van der Waals surface area contributed by atoms with E-state index in [1.54, 1.807) is 12.1 Å². The van der Waals surface area contributed by atoms with Crippen LogP contribution in [0.5, 0.6) is 28.7 Å². The Balaban J connectivity index is 1.31. The highest BCUT2D eigenvalue weighted by molar-refractivity contribution is 5.83. The maximum absolute atomic E-state index is 13.0. The van der Waals surface area contributed by atoms with Crippen molar-refractivity contribution in [2.75, 3.05) is 34.0 Å². The second kappa shape index (κ2) is 13.3. The number of aliphatic hydroxyl groups excluding tert-OH is 5. The van der Waals surface area contributed by atoms with Gasteiger partial charge in [0, 0.05) is 29.0 Å². The molecule has 6 N–H and O–H groups in total. The summed E-state index contributed by atoms with van der Waals surface area (Å²) in [6.07, 6.45) is -11.3. The third kappa shape index (κ3) is 6.18. The molecule has 2 fully saturated rings. The van der Waals surface area contributed by atoms with Gasteiger partial charge in [-0.3, -0.25) is 0 Å². The first-order chi connectivity index (χ1) is 23.0. The highest BCUT2D eigenvalue weighted by Gasteiger charge is 2.53. The molecular formula is C31H32O17. The van der Waals surface area contributed by atoms with Crippen LogP contribution in [0, 0.1) is 0 Å². The number of hydrogen-bond donors (Lipinski definition) is 6. The number of methoxy groups -OCH3 is 2. The zero-order chi connectivity index (χ0) is 34.3. The van der Waals surface area contributed by atoms with Crippen LogP contribution in [0.4, 0.5) is 0 Å². The van der Waals surface area contributed by atoms with Gasteiger partial charge in [-0.15, -0.1) is 0 Å². The summed E-state index contributed by atoms with van der Waals surface area (Å²) in [6.45, 7) is -2.08. The Kier molecular flexibility index (Phi) is 9.31. The molecule has 4 aromatic rings. The Hall–Kier alpha value is -4.30. The maximum atomic E-state index is 13.0. The van der Waals surface area contributed by atoms with Crippen molar-refractivity contribution in [3.05, 3.63) is 63.3 Å². The average molecular weight is 677 g/mol. The van der Waals surface area contributed by atoms with Gasteiger partial charge < -0.3 is 72.6 Å². The molecule has 17 heteroatoms. The molecule has 48 heavy (non-hydrogen) atoms. The van der Waals surface area contributed by atoms with Crippen LogP contribution in [-0.4, -0.2) is 113 Å². The smallest absolute Gasteiger partial charge is 0.379 e. The van der Waals surface area contributed by atoms with E-state index in [4.69, 9.17) is 42.0 Å². The molecule has 2 aliphatic heterocycles. The number of rotatable bonds is 10. The second-order valence-corrected chi connectivity index (χ2v) is 11.1. The molecule has 2 aromatic carbocycles. The van der Waals surface area contributed by atoms with Crippen molar-refractivity contribution in [3.8, 4) is 28.7 Å². The van der Waals surface area contributed by atoms with Crippen molar-refractivity contribution in [1.82, 2.24) is 0 Å². The summed E-state index contributed by atoms with van der Waals surface area (Å²) in [5.41, 5.74) is -3.35. The lowest BCUT2D eigenvalue weighted by atomic mass is 9.98. The molecular weight excluding hydrogens is 644 g/mol. The first kappa shape index (κ1) is 33.6. The second-order valence-electron chi connectivity index (χ2n) is 11.1. The standard InChI is InChI=1S/C31H32O17/c1-40-17-5-13-3-4-23(34)44-15(13)8-19(17)43-21-7-14-6-18(41-2)20(9-16(14)45-28(21)38)46-29-26(25(36)24(35)22(10-32)47-29)48-30-27(37)31(39,11-33)12-42-30/h3-9,22,24-27,29-30,32-33,35-37,39H,10-12H2,1-2H3/t22-,24-,25+,26-,27+,29-,30-,31-/m1/s1. The van der Waals surface area contributed by atoms with E-state index in [1.165, 1.54) is 44.6 Å². The van der Waals surface area contributed by atoms with E-state index in [1.807, 2.05) is 0 Å². The minimum Gasteiger partial charge on any atom is -0.493 e. The first-order valence-corrected chi connectivity index (χ1v) is 14.5. The molecule has 0 unspecified atom stereocenters. The van der Waals surface area contributed by atoms with Crippen LogP contribution in [0.2, 0.25) is 0 Å². The SMILES string of the molecule is COc1cc2ccc(=O)oc2cc1Oc1cc2cc(OC)c(O[C@@H]3O[C@H](CO)[C@@H](O)[C@H](O)[C@H]3O[C@H]3OC[C@](O)(CO)[C@H]3O)cc2oc1=O. The van der Waals surface area contributed by atoms with Gasteiger partial charge in [-0.2, -0.15) is 0 Å². The molecule has 0 aliphatic carbocycles. The Bertz CT molecular complexity index is 1900. The Morgan fingerprint density at radius 3 is 2.17 bits per heavy atom. The summed E-state index contributed by atoms with van der Waals surface area (Å²) >= 11 is 0. The van der Waals surface area contributed by atoms with E-state index in [9.17, 15) is 40.2 Å². The molecule has 0 spiro atoms. The highest BCUT2D eigenvalue weighted by atomic mass is 16.8. The van der Waals surface area contributed by atoms with Gasteiger partial charge in [-0.25, -0.2) is 9.59 Å². The number of fused-ring (bicyclic) bond motifs is 2. The fraction of sp³-hybridized carbons (Fsp3) is 0.419. The fourth-order valence-corrected chi connectivity index (χ4v) is 5.35. The summed E-state index contributed by atoms with van der Waals surface area (Å²) in [7, 11) is 2.72. The summed E-state index contributed by atoms with van der Waals surface area (Å²) in [6, 6.07) is 9.84. The van der Waals surface area contributed by atoms with Gasteiger partial charge in [-0.05, 0) is 24.3 Å². The van der Waals surface area contributed by atoms with Gasteiger partial charge in [0.2, 0.25) is 12.0 Å². The van der Waals surface area contributed by atoms with Gasteiger partial charge in [0.25, 0.3) is 0 Å². The van der Waals surface area contributed by atoms with E-state index < -0.39 is 79.8 Å². The molecule has 0 saturated carbocycles. The Morgan fingerprint density at radius 1 is 0.812 bits per heavy atom. The van der Waals surface area contributed by atoms with Gasteiger partial charge in [0.1, 0.15) is 41.2 Å². The minimum atomic E-state index is -2.05. The third-order valence-electron chi connectivity index (χ3n) is 8.05. The van der Waals surface area contributed by atoms with E-state index in [-0.39, 0.29) is 39.9 Å². The molecule has 0 amide bonds. The quantitative estimate of drug-likeness (QED) is 0.114. The van der Waals surface area contributed by atoms with Gasteiger partial charge >= 0.3 is 11.3 Å². The lowest BCUT2D eigenvalue weighted by molar-refractivity contribution is -0.319. The molecule has 0 bridgehead atoms. The Morgan fingerprint density at radius 2 is 1.48 bits per heavy atom. The molecule has 6 rings (SSSR count). The van der Waals surface area contributed by atoms with E-state index in [2.05, 4.69) is 0 Å². The molecule has 2 saturated heterocycles.